The third-order valence-corrected chi connectivity index (χ3v) is 2.83. The highest BCUT2D eigenvalue weighted by Gasteiger charge is 2.06. The summed E-state index contributed by atoms with van der Waals surface area (Å²) in [5.74, 6) is 0. The average Bonchev–Trinajstić information content (AvgIpc) is 2.16. The van der Waals surface area contributed by atoms with Crippen LogP contribution in [0.15, 0.2) is 22.7 Å². The molecule has 0 amide bonds. The van der Waals surface area contributed by atoms with Crippen molar-refractivity contribution in [3.8, 4) is 0 Å². The second kappa shape index (κ2) is 4.74. The minimum absolute atomic E-state index is 0.0901. The van der Waals surface area contributed by atoms with Crippen molar-refractivity contribution in [1.29, 1.82) is 0 Å². The maximum atomic E-state index is 8.91. The van der Waals surface area contributed by atoms with E-state index in [2.05, 4.69) is 28.2 Å². The van der Waals surface area contributed by atoms with Crippen molar-refractivity contribution in [3.05, 3.63) is 33.8 Å². The third kappa shape index (κ3) is 2.53. The van der Waals surface area contributed by atoms with Crippen LogP contribution >= 0.6 is 15.9 Å². The van der Waals surface area contributed by atoms with Crippen LogP contribution in [0.25, 0.3) is 0 Å². The summed E-state index contributed by atoms with van der Waals surface area (Å²) in [7, 11) is 1.93. The summed E-state index contributed by atoms with van der Waals surface area (Å²) >= 11 is 3.48. The molecule has 0 saturated heterocycles. The van der Waals surface area contributed by atoms with Crippen LogP contribution in [0.3, 0.4) is 0 Å². The maximum Gasteiger partial charge on any atom is 0.0682 e. The Kier molecular flexibility index (Phi) is 3.90. The highest BCUT2D eigenvalue weighted by atomic mass is 79.9. The molecule has 0 aliphatic rings. The molecule has 0 aromatic heterocycles. The molecule has 0 bridgehead atoms. The Labute approximate surface area is 87.1 Å². The van der Waals surface area contributed by atoms with Gasteiger partial charge >= 0.3 is 0 Å². The monoisotopic (exact) mass is 243 g/mol. The van der Waals surface area contributed by atoms with E-state index in [1.807, 2.05) is 25.2 Å². The van der Waals surface area contributed by atoms with Gasteiger partial charge in [-0.25, -0.2) is 0 Å². The fraction of sp³-hybridized carbons (Fsp3) is 0.400. The van der Waals surface area contributed by atoms with Gasteiger partial charge in [-0.15, -0.1) is 0 Å². The van der Waals surface area contributed by atoms with Gasteiger partial charge in [-0.2, -0.15) is 0 Å². The van der Waals surface area contributed by atoms with Crippen LogP contribution in [-0.4, -0.2) is 12.2 Å². The first-order valence-corrected chi connectivity index (χ1v) is 5.04. The molecular formula is C10H14BrNO. The number of aliphatic hydroxyl groups excluding tert-OH is 1. The number of benzene rings is 1. The number of halogens is 1. The smallest absolute Gasteiger partial charge is 0.0682 e. The fourth-order valence-electron chi connectivity index (χ4n) is 1.18. The quantitative estimate of drug-likeness (QED) is 0.854. The predicted octanol–water partition coefficient (Wildman–Crippen LogP) is 2.22. The van der Waals surface area contributed by atoms with Crippen molar-refractivity contribution >= 4 is 15.9 Å². The lowest BCUT2D eigenvalue weighted by molar-refractivity contribution is 0.281. The Morgan fingerprint density at radius 3 is 2.69 bits per heavy atom. The van der Waals surface area contributed by atoms with Gasteiger partial charge in [-0.05, 0) is 31.2 Å². The molecule has 1 aromatic rings. The summed E-state index contributed by atoms with van der Waals surface area (Å²) in [5, 5.41) is 12.1. The van der Waals surface area contributed by atoms with Gasteiger partial charge in [0.05, 0.1) is 6.61 Å². The van der Waals surface area contributed by atoms with Crippen LogP contribution in [0.1, 0.15) is 24.1 Å². The molecule has 0 aliphatic heterocycles. The standard InChI is InChI=1S/C10H14BrNO/c1-7(12-2)9-4-3-8(6-13)5-10(9)11/h3-5,7,12-13H,6H2,1-2H3. The average molecular weight is 244 g/mol. The minimum Gasteiger partial charge on any atom is -0.392 e. The summed E-state index contributed by atoms with van der Waals surface area (Å²) in [6, 6.07) is 6.23. The van der Waals surface area contributed by atoms with Crippen LogP contribution < -0.4 is 5.32 Å². The summed E-state index contributed by atoms with van der Waals surface area (Å²) < 4.78 is 1.04. The van der Waals surface area contributed by atoms with Crippen LogP contribution in [0, 0.1) is 0 Å². The Hall–Kier alpha value is -0.380. The lowest BCUT2D eigenvalue weighted by atomic mass is 10.1. The molecule has 1 rings (SSSR count). The van der Waals surface area contributed by atoms with E-state index in [9.17, 15) is 0 Å². The van der Waals surface area contributed by atoms with Gasteiger partial charge in [0.25, 0.3) is 0 Å². The van der Waals surface area contributed by atoms with Gasteiger partial charge in [0, 0.05) is 10.5 Å². The van der Waals surface area contributed by atoms with E-state index in [0.717, 1.165) is 10.0 Å². The van der Waals surface area contributed by atoms with E-state index in [0.29, 0.717) is 6.04 Å². The second-order valence-electron chi connectivity index (χ2n) is 3.02. The van der Waals surface area contributed by atoms with Gasteiger partial charge in [-0.3, -0.25) is 0 Å². The molecule has 1 unspecified atom stereocenters. The minimum atomic E-state index is 0.0901. The highest BCUT2D eigenvalue weighted by Crippen LogP contribution is 2.24. The Bertz CT molecular complexity index is 288. The van der Waals surface area contributed by atoms with E-state index in [4.69, 9.17) is 5.11 Å². The topological polar surface area (TPSA) is 32.3 Å². The summed E-state index contributed by atoms with van der Waals surface area (Å²) in [5.41, 5.74) is 2.14. The highest BCUT2D eigenvalue weighted by molar-refractivity contribution is 9.10. The number of rotatable bonds is 3. The number of aliphatic hydroxyl groups is 1. The molecule has 0 aliphatic carbocycles. The zero-order valence-corrected chi connectivity index (χ0v) is 9.43. The molecule has 3 heteroatoms. The second-order valence-corrected chi connectivity index (χ2v) is 3.88. The maximum absolute atomic E-state index is 8.91. The van der Waals surface area contributed by atoms with Crippen molar-refractivity contribution in [1.82, 2.24) is 5.32 Å². The molecule has 1 atom stereocenters. The van der Waals surface area contributed by atoms with Gasteiger partial charge in [0.1, 0.15) is 0 Å². The predicted molar refractivity (Wildman–Crippen MR) is 57.5 cm³/mol. The van der Waals surface area contributed by atoms with Crippen molar-refractivity contribution in [3.63, 3.8) is 0 Å². The van der Waals surface area contributed by atoms with Crippen molar-refractivity contribution < 1.29 is 5.11 Å². The van der Waals surface area contributed by atoms with Crippen LogP contribution in [-0.2, 0) is 6.61 Å². The van der Waals surface area contributed by atoms with E-state index >= 15 is 0 Å². The summed E-state index contributed by atoms with van der Waals surface area (Å²) in [6.07, 6.45) is 0. The van der Waals surface area contributed by atoms with Crippen molar-refractivity contribution in [2.75, 3.05) is 7.05 Å². The molecule has 13 heavy (non-hydrogen) atoms. The molecule has 0 spiro atoms. The van der Waals surface area contributed by atoms with Crippen molar-refractivity contribution in [2.45, 2.75) is 19.6 Å². The molecule has 72 valence electrons. The van der Waals surface area contributed by atoms with E-state index < -0.39 is 0 Å². The molecule has 0 heterocycles. The molecular weight excluding hydrogens is 230 g/mol. The van der Waals surface area contributed by atoms with Gasteiger partial charge in [0.15, 0.2) is 0 Å². The number of hydrogen-bond donors (Lipinski definition) is 2. The van der Waals surface area contributed by atoms with Gasteiger partial charge in [0.2, 0.25) is 0 Å². The Morgan fingerprint density at radius 1 is 1.54 bits per heavy atom. The molecule has 2 nitrogen and oxygen atoms in total. The molecule has 0 radical (unpaired) electrons. The zero-order chi connectivity index (χ0) is 9.84. The van der Waals surface area contributed by atoms with Crippen LogP contribution in [0.2, 0.25) is 0 Å². The fourth-order valence-corrected chi connectivity index (χ4v) is 1.95. The molecule has 0 saturated carbocycles. The molecule has 0 fully saturated rings. The Morgan fingerprint density at radius 2 is 2.23 bits per heavy atom. The SMILES string of the molecule is CNC(C)c1ccc(CO)cc1Br. The third-order valence-electron chi connectivity index (χ3n) is 2.15. The number of nitrogens with one attached hydrogen (secondary N) is 1. The zero-order valence-electron chi connectivity index (χ0n) is 7.84. The first kappa shape index (κ1) is 10.7. The first-order chi connectivity index (χ1) is 6.19. The first-order valence-electron chi connectivity index (χ1n) is 4.25. The van der Waals surface area contributed by atoms with Gasteiger partial charge in [-0.1, -0.05) is 28.1 Å². The lowest BCUT2D eigenvalue weighted by Crippen LogP contribution is -2.12. The lowest BCUT2D eigenvalue weighted by Gasteiger charge is -2.13. The molecule has 2 N–H and O–H groups in total. The van der Waals surface area contributed by atoms with Gasteiger partial charge < -0.3 is 10.4 Å². The largest absolute Gasteiger partial charge is 0.392 e. The van der Waals surface area contributed by atoms with Crippen molar-refractivity contribution in [2.24, 2.45) is 0 Å². The van der Waals surface area contributed by atoms with E-state index in [-0.39, 0.29) is 6.61 Å². The number of hydrogen-bond acceptors (Lipinski definition) is 2. The van der Waals surface area contributed by atoms with Crippen LogP contribution in [0.4, 0.5) is 0 Å². The Balaban J connectivity index is 2.98. The molecule has 1 aromatic carbocycles. The van der Waals surface area contributed by atoms with E-state index in [1.165, 1.54) is 5.56 Å². The summed E-state index contributed by atoms with van der Waals surface area (Å²) in [4.78, 5) is 0. The van der Waals surface area contributed by atoms with Crippen LogP contribution in [0.5, 0.6) is 0 Å². The summed E-state index contributed by atoms with van der Waals surface area (Å²) in [6.45, 7) is 2.19. The normalized spacial score (nSPS) is 12.9. The van der Waals surface area contributed by atoms with E-state index in [1.54, 1.807) is 0 Å².